The average Bonchev–Trinajstić information content (AvgIpc) is 3.08. The highest BCUT2D eigenvalue weighted by molar-refractivity contribution is 5.85. The lowest BCUT2D eigenvalue weighted by Gasteiger charge is -2.20. The maximum absolute atomic E-state index is 13.5. The third kappa shape index (κ3) is 6.09. The normalized spacial score (nSPS) is 19.6. The van der Waals surface area contributed by atoms with Crippen molar-refractivity contribution in [1.29, 1.82) is 0 Å². The Balaban J connectivity index is 0.00000320. The lowest BCUT2D eigenvalue weighted by Crippen LogP contribution is -2.18. The van der Waals surface area contributed by atoms with Crippen LogP contribution in [-0.2, 0) is 23.7 Å². The fraction of sp³-hybridized carbons (Fsp3) is 0.400. The van der Waals surface area contributed by atoms with Crippen molar-refractivity contribution in [3.05, 3.63) is 70.5 Å². The molecule has 1 fully saturated rings. The standard InChI is InChI=1S/C20H18F7NO.ClH/c21-17-3-1-2-13(6-17)18-9-28-8-14(18)11-29-10-12-4-15(19(22,23)24)7-16(5-12)20(25,26)27;/h1-7,14,18,28H,8-11H2;1H. The minimum absolute atomic E-state index is 0. The van der Waals surface area contributed by atoms with Gasteiger partial charge < -0.3 is 10.1 Å². The van der Waals surface area contributed by atoms with E-state index in [0.717, 1.165) is 5.56 Å². The van der Waals surface area contributed by atoms with Gasteiger partial charge in [-0.05, 0) is 41.5 Å². The first kappa shape index (κ1) is 24.4. The van der Waals surface area contributed by atoms with Crippen LogP contribution in [-0.4, -0.2) is 19.7 Å². The van der Waals surface area contributed by atoms with Crippen molar-refractivity contribution in [2.24, 2.45) is 5.92 Å². The Labute approximate surface area is 174 Å². The Hall–Kier alpha value is -1.84. The van der Waals surface area contributed by atoms with Gasteiger partial charge in [-0.25, -0.2) is 4.39 Å². The summed E-state index contributed by atoms with van der Waals surface area (Å²) in [5.74, 6) is -0.514. The van der Waals surface area contributed by atoms with Crippen LogP contribution in [0, 0.1) is 11.7 Å². The minimum atomic E-state index is -4.89. The van der Waals surface area contributed by atoms with E-state index in [-0.39, 0.29) is 54.9 Å². The highest BCUT2D eigenvalue weighted by atomic mass is 35.5. The van der Waals surface area contributed by atoms with E-state index in [1.165, 1.54) is 12.1 Å². The number of ether oxygens (including phenoxy) is 1. The summed E-state index contributed by atoms with van der Waals surface area (Å²) in [6.45, 7) is 0.863. The fourth-order valence-corrected chi connectivity index (χ4v) is 3.47. The summed E-state index contributed by atoms with van der Waals surface area (Å²) in [6.07, 6.45) is -9.79. The van der Waals surface area contributed by atoms with Gasteiger partial charge in [-0.1, -0.05) is 12.1 Å². The van der Waals surface area contributed by atoms with Gasteiger partial charge in [0.05, 0.1) is 24.3 Å². The molecular formula is C20H19ClF7NO. The second kappa shape index (κ2) is 9.53. The first-order chi connectivity index (χ1) is 13.5. The van der Waals surface area contributed by atoms with Crippen molar-refractivity contribution >= 4 is 12.4 Å². The summed E-state index contributed by atoms with van der Waals surface area (Å²) in [7, 11) is 0. The number of halogens is 8. The number of rotatable bonds is 5. The summed E-state index contributed by atoms with van der Waals surface area (Å²) < 4.78 is 96.5. The molecule has 0 aliphatic carbocycles. The summed E-state index contributed by atoms with van der Waals surface area (Å²) >= 11 is 0. The zero-order valence-electron chi connectivity index (χ0n) is 15.5. The molecule has 0 amide bonds. The Kier molecular flexibility index (Phi) is 7.76. The van der Waals surface area contributed by atoms with Gasteiger partial charge in [0, 0.05) is 24.9 Å². The van der Waals surface area contributed by atoms with Crippen LogP contribution in [0.1, 0.15) is 28.2 Å². The van der Waals surface area contributed by atoms with E-state index >= 15 is 0 Å². The third-order valence-electron chi connectivity index (χ3n) is 4.86. The Bertz CT molecular complexity index is 822. The van der Waals surface area contributed by atoms with E-state index in [1.807, 2.05) is 0 Å². The zero-order valence-corrected chi connectivity index (χ0v) is 16.3. The van der Waals surface area contributed by atoms with Crippen LogP contribution in [0.2, 0.25) is 0 Å². The average molecular weight is 458 g/mol. The van der Waals surface area contributed by atoms with E-state index in [0.29, 0.717) is 25.2 Å². The molecule has 1 N–H and O–H groups in total. The van der Waals surface area contributed by atoms with Gasteiger partial charge in [0.2, 0.25) is 0 Å². The lowest BCUT2D eigenvalue weighted by atomic mass is 9.89. The Morgan fingerprint density at radius 2 is 1.53 bits per heavy atom. The molecule has 2 aromatic rings. The second-order valence-corrected chi connectivity index (χ2v) is 7.01. The maximum Gasteiger partial charge on any atom is 0.416 e. The van der Waals surface area contributed by atoms with E-state index in [9.17, 15) is 30.7 Å². The molecule has 1 saturated heterocycles. The molecule has 2 nitrogen and oxygen atoms in total. The molecule has 1 heterocycles. The molecule has 2 atom stereocenters. The van der Waals surface area contributed by atoms with Crippen LogP contribution in [0.5, 0.6) is 0 Å². The van der Waals surface area contributed by atoms with E-state index in [1.54, 1.807) is 12.1 Å². The van der Waals surface area contributed by atoms with Gasteiger partial charge in [-0.15, -0.1) is 12.4 Å². The van der Waals surface area contributed by atoms with Gasteiger partial charge in [-0.2, -0.15) is 26.3 Å². The van der Waals surface area contributed by atoms with Gasteiger partial charge in [0.25, 0.3) is 0 Å². The van der Waals surface area contributed by atoms with Gasteiger partial charge in [0.1, 0.15) is 5.82 Å². The Morgan fingerprint density at radius 3 is 2.10 bits per heavy atom. The predicted octanol–water partition coefficient (Wildman–Crippen LogP) is 5.80. The molecule has 2 aromatic carbocycles. The monoisotopic (exact) mass is 457 g/mol. The molecule has 0 saturated carbocycles. The summed E-state index contributed by atoms with van der Waals surface area (Å²) in [5, 5.41) is 3.15. The minimum Gasteiger partial charge on any atom is -0.376 e. The molecule has 2 unspecified atom stereocenters. The van der Waals surface area contributed by atoms with Crippen molar-refractivity contribution in [1.82, 2.24) is 5.32 Å². The van der Waals surface area contributed by atoms with Gasteiger partial charge in [0.15, 0.2) is 0 Å². The predicted molar refractivity (Wildman–Crippen MR) is 98.9 cm³/mol. The molecule has 0 aromatic heterocycles. The van der Waals surface area contributed by atoms with Crippen LogP contribution in [0.25, 0.3) is 0 Å². The number of nitrogens with one attached hydrogen (secondary N) is 1. The maximum atomic E-state index is 13.5. The summed E-state index contributed by atoms with van der Waals surface area (Å²) in [4.78, 5) is 0. The largest absolute Gasteiger partial charge is 0.416 e. The number of benzene rings is 2. The van der Waals surface area contributed by atoms with E-state index in [4.69, 9.17) is 4.74 Å². The number of hydrogen-bond acceptors (Lipinski definition) is 2. The van der Waals surface area contributed by atoms with Crippen molar-refractivity contribution in [3.8, 4) is 0 Å². The van der Waals surface area contributed by atoms with Gasteiger partial charge >= 0.3 is 12.4 Å². The number of hydrogen-bond donors (Lipinski definition) is 1. The van der Waals surface area contributed by atoms with Crippen LogP contribution in [0.4, 0.5) is 30.7 Å². The molecular weight excluding hydrogens is 439 g/mol. The van der Waals surface area contributed by atoms with E-state index in [2.05, 4.69) is 5.32 Å². The van der Waals surface area contributed by atoms with Crippen LogP contribution < -0.4 is 5.32 Å². The van der Waals surface area contributed by atoms with Crippen LogP contribution >= 0.6 is 12.4 Å². The number of alkyl halides is 6. The topological polar surface area (TPSA) is 21.3 Å². The van der Waals surface area contributed by atoms with Crippen molar-refractivity contribution in [2.45, 2.75) is 24.9 Å². The molecule has 0 spiro atoms. The molecule has 10 heteroatoms. The van der Waals surface area contributed by atoms with Crippen molar-refractivity contribution < 1.29 is 35.5 Å². The van der Waals surface area contributed by atoms with Crippen molar-refractivity contribution in [2.75, 3.05) is 19.7 Å². The molecule has 3 rings (SSSR count). The molecule has 0 radical (unpaired) electrons. The first-order valence-corrected chi connectivity index (χ1v) is 8.86. The molecule has 30 heavy (non-hydrogen) atoms. The zero-order chi connectivity index (χ0) is 21.2. The first-order valence-electron chi connectivity index (χ1n) is 8.86. The highest BCUT2D eigenvalue weighted by Gasteiger charge is 2.37. The lowest BCUT2D eigenvalue weighted by molar-refractivity contribution is -0.143. The SMILES string of the molecule is Cl.Fc1cccc(C2CNCC2COCc2cc(C(F)(F)F)cc(C(F)(F)F)c2)c1. The smallest absolute Gasteiger partial charge is 0.376 e. The fourth-order valence-electron chi connectivity index (χ4n) is 3.47. The quantitative estimate of drug-likeness (QED) is 0.573. The van der Waals surface area contributed by atoms with Crippen LogP contribution in [0.3, 0.4) is 0 Å². The third-order valence-corrected chi connectivity index (χ3v) is 4.86. The second-order valence-electron chi connectivity index (χ2n) is 7.01. The molecule has 166 valence electrons. The van der Waals surface area contributed by atoms with Crippen LogP contribution in [0.15, 0.2) is 42.5 Å². The highest BCUT2D eigenvalue weighted by Crippen LogP contribution is 2.36. The Morgan fingerprint density at radius 1 is 0.900 bits per heavy atom. The van der Waals surface area contributed by atoms with E-state index < -0.39 is 23.5 Å². The molecule has 1 aliphatic rings. The molecule has 1 aliphatic heterocycles. The summed E-state index contributed by atoms with van der Waals surface area (Å²) in [5.41, 5.74) is -2.18. The summed E-state index contributed by atoms with van der Waals surface area (Å²) in [6, 6.07) is 7.50. The molecule has 0 bridgehead atoms. The van der Waals surface area contributed by atoms with Gasteiger partial charge in [-0.3, -0.25) is 0 Å². The van der Waals surface area contributed by atoms with Crippen molar-refractivity contribution in [3.63, 3.8) is 0 Å².